The first-order chi connectivity index (χ1) is 7.65. The quantitative estimate of drug-likeness (QED) is 0.701. The zero-order valence-electron chi connectivity index (χ0n) is 11.3. The van der Waals surface area contributed by atoms with Crippen molar-refractivity contribution in [3.63, 3.8) is 0 Å². The van der Waals surface area contributed by atoms with Crippen LogP contribution in [0.4, 0.5) is 0 Å². The van der Waals surface area contributed by atoms with Crippen LogP contribution in [0, 0.1) is 5.92 Å². The Morgan fingerprint density at radius 2 is 2.12 bits per heavy atom. The van der Waals surface area contributed by atoms with Gasteiger partial charge >= 0.3 is 0 Å². The third-order valence-electron chi connectivity index (χ3n) is 3.69. The van der Waals surface area contributed by atoms with E-state index in [-0.39, 0.29) is 0 Å². The molecule has 0 amide bonds. The summed E-state index contributed by atoms with van der Waals surface area (Å²) in [5.41, 5.74) is 0. The van der Waals surface area contributed by atoms with E-state index in [2.05, 4.69) is 31.1 Å². The van der Waals surface area contributed by atoms with Crippen LogP contribution in [-0.4, -0.2) is 50.3 Å². The van der Waals surface area contributed by atoms with Crippen LogP contribution in [0.3, 0.4) is 0 Å². The number of nitrogens with zero attached hydrogens (tertiary/aromatic N) is 1. The summed E-state index contributed by atoms with van der Waals surface area (Å²) in [5.74, 6) is 0.758. The zero-order chi connectivity index (χ0) is 12.0. The van der Waals surface area contributed by atoms with Crippen molar-refractivity contribution in [3.05, 3.63) is 0 Å². The average Bonchev–Trinajstić information content (AvgIpc) is 2.25. The largest absolute Gasteiger partial charge is 0.382 e. The van der Waals surface area contributed by atoms with Crippen molar-refractivity contribution in [1.82, 2.24) is 10.2 Å². The van der Waals surface area contributed by atoms with Gasteiger partial charge in [0.05, 0.1) is 0 Å². The maximum Gasteiger partial charge on any atom is 0.0477 e. The molecule has 3 atom stereocenters. The van der Waals surface area contributed by atoms with Crippen molar-refractivity contribution < 1.29 is 4.74 Å². The fourth-order valence-electron chi connectivity index (χ4n) is 2.43. The van der Waals surface area contributed by atoms with E-state index in [4.69, 9.17) is 4.74 Å². The van der Waals surface area contributed by atoms with Crippen molar-refractivity contribution in [3.8, 4) is 0 Å². The fourth-order valence-corrected chi connectivity index (χ4v) is 2.43. The number of piperidine rings is 1. The number of likely N-dealkylation sites (tertiary alicyclic amines) is 1. The van der Waals surface area contributed by atoms with E-state index < -0.39 is 0 Å². The number of nitrogens with one attached hydrogen (secondary N) is 1. The highest BCUT2D eigenvalue weighted by Gasteiger charge is 2.27. The molecule has 96 valence electrons. The van der Waals surface area contributed by atoms with Crippen LogP contribution in [0.15, 0.2) is 0 Å². The van der Waals surface area contributed by atoms with Crippen LogP contribution in [-0.2, 0) is 4.74 Å². The van der Waals surface area contributed by atoms with Gasteiger partial charge in [0.15, 0.2) is 0 Å². The topological polar surface area (TPSA) is 24.5 Å². The molecule has 0 aromatic heterocycles. The molecule has 1 N–H and O–H groups in total. The molecule has 3 heteroatoms. The summed E-state index contributed by atoms with van der Waals surface area (Å²) in [6, 6.07) is 1.40. The van der Waals surface area contributed by atoms with E-state index in [1.54, 1.807) is 0 Å². The van der Waals surface area contributed by atoms with Gasteiger partial charge in [0.25, 0.3) is 0 Å². The maximum atomic E-state index is 5.34. The average molecular weight is 228 g/mol. The standard InChI is InChI=1S/C13H28N2O/c1-5-16-8-6-7-14-13-9-12(3)15(4)10-11(13)2/h11-14H,5-10H2,1-4H3. The van der Waals surface area contributed by atoms with E-state index in [0.29, 0.717) is 12.1 Å². The van der Waals surface area contributed by atoms with Crippen LogP contribution < -0.4 is 5.32 Å². The van der Waals surface area contributed by atoms with E-state index in [1.165, 1.54) is 13.0 Å². The number of ether oxygens (including phenoxy) is 1. The van der Waals surface area contributed by atoms with Crippen LogP contribution in [0.5, 0.6) is 0 Å². The summed E-state index contributed by atoms with van der Waals surface area (Å²) in [4.78, 5) is 2.46. The summed E-state index contributed by atoms with van der Waals surface area (Å²) >= 11 is 0. The lowest BCUT2D eigenvalue weighted by molar-refractivity contribution is 0.115. The highest BCUT2D eigenvalue weighted by Crippen LogP contribution is 2.20. The van der Waals surface area contributed by atoms with Crippen LogP contribution >= 0.6 is 0 Å². The Hall–Kier alpha value is -0.120. The van der Waals surface area contributed by atoms with Crippen molar-refractivity contribution in [2.45, 2.75) is 45.7 Å². The van der Waals surface area contributed by atoms with E-state index >= 15 is 0 Å². The second kappa shape index (κ2) is 7.25. The molecule has 3 nitrogen and oxygen atoms in total. The van der Waals surface area contributed by atoms with Gasteiger partial charge in [0.2, 0.25) is 0 Å². The molecular formula is C13H28N2O. The second-order valence-electron chi connectivity index (χ2n) is 5.11. The minimum atomic E-state index is 0.688. The summed E-state index contributed by atoms with van der Waals surface area (Å²) in [6.07, 6.45) is 2.40. The van der Waals surface area contributed by atoms with E-state index in [0.717, 1.165) is 32.1 Å². The molecule has 0 aliphatic carbocycles. The second-order valence-corrected chi connectivity index (χ2v) is 5.11. The normalized spacial score (nSPS) is 31.9. The third-order valence-corrected chi connectivity index (χ3v) is 3.69. The predicted octanol–water partition coefficient (Wildman–Crippen LogP) is 1.73. The third kappa shape index (κ3) is 4.40. The highest BCUT2D eigenvalue weighted by molar-refractivity contribution is 4.85. The van der Waals surface area contributed by atoms with Gasteiger partial charge < -0.3 is 15.0 Å². The van der Waals surface area contributed by atoms with Crippen molar-refractivity contribution in [2.24, 2.45) is 5.92 Å². The molecule has 0 radical (unpaired) electrons. The molecule has 1 heterocycles. The first kappa shape index (κ1) is 13.9. The zero-order valence-corrected chi connectivity index (χ0v) is 11.3. The Labute approximate surface area is 101 Å². The first-order valence-electron chi connectivity index (χ1n) is 6.66. The van der Waals surface area contributed by atoms with Gasteiger partial charge in [-0.15, -0.1) is 0 Å². The highest BCUT2D eigenvalue weighted by atomic mass is 16.5. The number of rotatable bonds is 6. The fraction of sp³-hybridized carbons (Fsp3) is 1.00. The monoisotopic (exact) mass is 228 g/mol. The van der Waals surface area contributed by atoms with Crippen molar-refractivity contribution >= 4 is 0 Å². The lowest BCUT2D eigenvalue weighted by Gasteiger charge is -2.40. The summed E-state index contributed by atoms with van der Waals surface area (Å²) in [7, 11) is 2.23. The van der Waals surface area contributed by atoms with E-state index in [1.807, 2.05) is 6.92 Å². The minimum absolute atomic E-state index is 0.688. The Morgan fingerprint density at radius 1 is 1.38 bits per heavy atom. The lowest BCUT2D eigenvalue weighted by atomic mass is 9.90. The summed E-state index contributed by atoms with van der Waals surface area (Å²) < 4.78 is 5.34. The molecule has 1 aliphatic rings. The van der Waals surface area contributed by atoms with Gasteiger partial charge in [0.1, 0.15) is 0 Å². The maximum absolute atomic E-state index is 5.34. The van der Waals surface area contributed by atoms with Crippen LogP contribution in [0.2, 0.25) is 0 Å². The Morgan fingerprint density at radius 3 is 2.81 bits per heavy atom. The van der Waals surface area contributed by atoms with Gasteiger partial charge in [-0.3, -0.25) is 0 Å². The van der Waals surface area contributed by atoms with Crippen LogP contribution in [0.25, 0.3) is 0 Å². The van der Waals surface area contributed by atoms with E-state index in [9.17, 15) is 0 Å². The SMILES string of the molecule is CCOCCCNC1CC(C)N(C)CC1C. The van der Waals surface area contributed by atoms with Gasteiger partial charge in [-0.25, -0.2) is 0 Å². The van der Waals surface area contributed by atoms with Crippen LogP contribution in [0.1, 0.15) is 33.6 Å². The van der Waals surface area contributed by atoms with Crippen molar-refractivity contribution in [2.75, 3.05) is 33.4 Å². The summed E-state index contributed by atoms with van der Waals surface area (Å²) in [5, 5.41) is 3.67. The molecule has 0 aromatic carbocycles. The molecule has 3 unspecified atom stereocenters. The molecule has 1 saturated heterocycles. The molecule has 0 saturated carbocycles. The van der Waals surface area contributed by atoms with Gasteiger partial charge in [-0.05, 0) is 46.2 Å². The predicted molar refractivity (Wildman–Crippen MR) is 68.8 cm³/mol. The van der Waals surface area contributed by atoms with Crippen molar-refractivity contribution in [1.29, 1.82) is 0 Å². The summed E-state index contributed by atoms with van der Waals surface area (Å²) in [6.45, 7) is 10.7. The molecular weight excluding hydrogens is 200 g/mol. The van der Waals surface area contributed by atoms with Gasteiger partial charge in [-0.2, -0.15) is 0 Å². The Balaban J connectivity index is 2.16. The molecule has 1 fully saturated rings. The Bertz CT molecular complexity index is 187. The smallest absolute Gasteiger partial charge is 0.0477 e. The molecule has 0 aromatic rings. The lowest BCUT2D eigenvalue weighted by Crippen LogP contribution is -2.51. The number of hydrogen-bond donors (Lipinski definition) is 1. The minimum Gasteiger partial charge on any atom is -0.382 e. The number of hydrogen-bond acceptors (Lipinski definition) is 3. The van der Waals surface area contributed by atoms with Gasteiger partial charge in [0, 0.05) is 31.8 Å². The molecule has 1 rings (SSSR count). The first-order valence-corrected chi connectivity index (χ1v) is 6.66. The molecule has 0 spiro atoms. The molecule has 0 bridgehead atoms. The molecule has 16 heavy (non-hydrogen) atoms. The molecule has 1 aliphatic heterocycles. The Kier molecular flexibility index (Phi) is 6.32. The van der Waals surface area contributed by atoms with Gasteiger partial charge in [-0.1, -0.05) is 6.92 Å².